The summed E-state index contributed by atoms with van der Waals surface area (Å²) in [7, 11) is 0. The lowest BCUT2D eigenvalue weighted by atomic mass is 10.0. The topological polar surface area (TPSA) is 122 Å². The number of non-ortho nitro benzene ring substituents is 1. The van der Waals surface area contributed by atoms with Crippen molar-refractivity contribution < 1.29 is 14.8 Å². The first-order valence-electron chi connectivity index (χ1n) is 5.74. The number of carboxylic acid groups (broad SMARTS) is 1. The van der Waals surface area contributed by atoms with E-state index in [1.54, 1.807) is 12.3 Å². The quantitative estimate of drug-likeness (QED) is 0.439. The largest absolute Gasteiger partial charge is 0.480 e. The summed E-state index contributed by atoms with van der Waals surface area (Å²) in [5.41, 5.74) is 6.60. The number of rotatable bonds is 5. The number of H-pyrrole nitrogens is 1. The van der Waals surface area contributed by atoms with Gasteiger partial charge in [-0.2, -0.15) is 0 Å². The van der Waals surface area contributed by atoms with Crippen LogP contribution in [0.3, 0.4) is 0 Å². The maximum atomic E-state index is 11.2. The fourth-order valence-electron chi connectivity index (χ4n) is 2.04. The highest BCUT2D eigenvalue weighted by Crippen LogP contribution is 2.33. The highest BCUT2D eigenvalue weighted by Gasteiger charge is 2.21. The van der Waals surface area contributed by atoms with Gasteiger partial charge in [-0.25, -0.2) is 0 Å². The van der Waals surface area contributed by atoms with Crippen LogP contribution in [-0.2, 0) is 11.2 Å². The third-order valence-corrected chi connectivity index (χ3v) is 3.71. The Hall–Kier alpha value is -2.06. The molecule has 0 spiro atoms. The van der Waals surface area contributed by atoms with E-state index >= 15 is 0 Å². The molecule has 0 bridgehead atoms. The fourth-order valence-corrected chi connectivity index (χ4v) is 2.50. The molecule has 1 unspecified atom stereocenters. The van der Waals surface area contributed by atoms with Crippen LogP contribution in [0.25, 0.3) is 10.9 Å². The average molecular weight is 295 g/mol. The fraction of sp³-hybridized carbons (Fsp3) is 0.250. The van der Waals surface area contributed by atoms with Crippen molar-refractivity contribution in [2.24, 2.45) is 5.73 Å². The van der Waals surface area contributed by atoms with Crippen LogP contribution >= 0.6 is 11.8 Å². The normalized spacial score (nSPS) is 12.5. The molecule has 0 amide bonds. The predicted molar refractivity (Wildman–Crippen MR) is 76.0 cm³/mol. The molecule has 1 aromatic carbocycles. The summed E-state index contributed by atoms with van der Waals surface area (Å²) in [6.45, 7) is 0. The molecule has 1 aromatic heterocycles. The number of nitro groups is 1. The van der Waals surface area contributed by atoms with Gasteiger partial charge in [0.1, 0.15) is 6.04 Å². The SMILES string of the molecule is CSc1cc([N+](=O)[O-])c2c(CC(N)C(=O)O)c[nH]c2c1. The standard InChI is InChI=1S/C12H13N3O4S/c1-20-7-3-9-11(10(4-7)15(18)19)6(5-14-9)2-8(13)12(16)17/h3-5,8,14H,2,13H2,1H3,(H,16,17). The first-order chi connectivity index (χ1) is 9.43. The number of carboxylic acids is 1. The van der Waals surface area contributed by atoms with Crippen molar-refractivity contribution in [1.29, 1.82) is 0 Å². The zero-order valence-electron chi connectivity index (χ0n) is 10.6. The van der Waals surface area contributed by atoms with Gasteiger partial charge in [-0.15, -0.1) is 11.8 Å². The molecule has 1 heterocycles. The maximum Gasteiger partial charge on any atom is 0.320 e. The number of hydrogen-bond acceptors (Lipinski definition) is 5. The molecule has 2 rings (SSSR count). The van der Waals surface area contributed by atoms with Gasteiger partial charge in [0.05, 0.1) is 15.8 Å². The van der Waals surface area contributed by atoms with E-state index in [2.05, 4.69) is 4.98 Å². The molecule has 4 N–H and O–H groups in total. The minimum Gasteiger partial charge on any atom is -0.480 e. The summed E-state index contributed by atoms with van der Waals surface area (Å²) in [6.07, 6.45) is 3.44. The monoisotopic (exact) mass is 295 g/mol. The molecule has 0 aliphatic heterocycles. The smallest absolute Gasteiger partial charge is 0.320 e. The maximum absolute atomic E-state index is 11.2. The molecule has 20 heavy (non-hydrogen) atoms. The molecule has 0 fully saturated rings. The Morgan fingerprint density at radius 1 is 1.60 bits per heavy atom. The van der Waals surface area contributed by atoms with E-state index in [9.17, 15) is 14.9 Å². The van der Waals surface area contributed by atoms with Gasteiger partial charge in [0.2, 0.25) is 0 Å². The van der Waals surface area contributed by atoms with E-state index in [-0.39, 0.29) is 12.1 Å². The van der Waals surface area contributed by atoms with Crippen LogP contribution < -0.4 is 5.73 Å². The number of nitrogens with zero attached hydrogens (tertiary/aromatic N) is 1. The van der Waals surface area contributed by atoms with Crippen LogP contribution in [0.4, 0.5) is 5.69 Å². The van der Waals surface area contributed by atoms with Gasteiger partial charge < -0.3 is 15.8 Å². The Kier molecular flexibility index (Phi) is 3.96. The van der Waals surface area contributed by atoms with E-state index < -0.39 is 16.9 Å². The molecule has 0 saturated carbocycles. The lowest BCUT2D eigenvalue weighted by Crippen LogP contribution is -2.32. The number of nitrogens with one attached hydrogen (secondary N) is 1. The third kappa shape index (κ3) is 2.61. The van der Waals surface area contributed by atoms with Crippen LogP contribution in [-0.4, -0.2) is 33.3 Å². The highest BCUT2D eigenvalue weighted by atomic mass is 32.2. The van der Waals surface area contributed by atoms with Crippen LogP contribution in [0, 0.1) is 10.1 Å². The molecule has 0 radical (unpaired) electrons. The number of nitro benzene ring substituents is 1. The van der Waals surface area contributed by atoms with Gasteiger partial charge in [0.15, 0.2) is 0 Å². The van der Waals surface area contributed by atoms with Crippen molar-refractivity contribution in [3.63, 3.8) is 0 Å². The number of aromatic amines is 1. The van der Waals surface area contributed by atoms with Gasteiger partial charge in [0, 0.05) is 23.6 Å². The molecule has 0 aliphatic carbocycles. The summed E-state index contributed by atoms with van der Waals surface area (Å²) in [5, 5.41) is 20.4. The highest BCUT2D eigenvalue weighted by molar-refractivity contribution is 7.98. The number of aromatic nitrogens is 1. The summed E-state index contributed by atoms with van der Waals surface area (Å²) < 4.78 is 0. The lowest BCUT2D eigenvalue weighted by molar-refractivity contribution is -0.383. The summed E-state index contributed by atoms with van der Waals surface area (Å²) >= 11 is 1.40. The zero-order valence-corrected chi connectivity index (χ0v) is 11.4. The Bertz CT molecular complexity index is 683. The Balaban J connectivity index is 2.58. The van der Waals surface area contributed by atoms with Crippen molar-refractivity contribution in [1.82, 2.24) is 4.98 Å². The number of carbonyl (C=O) groups is 1. The van der Waals surface area contributed by atoms with Crippen LogP contribution in [0.1, 0.15) is 5.56 Å². The molecule has 0 aliphatic rings. The van der Waals surface area contributed by atoms with E-state index in [0.29, 0.717) is 16.5 Å². The number of thioether (sulfide) groups is 1. The van der Waals surface area contributed by atoms with Crippen LogP contribution in [0.5, 0.6) is 0 Å². The van der Waals surface area contributed by atoms with Crippen molar-refractivity contribution >= 4 is 34.3 Å². The summed E-state index contributed by atoms with van der Waals surface area (Å²) in [5.74, 6) is -1.14. The van der Waals surface area contributed by atoms with Crippen molar-refractivity contribution in [2.75, 3.05) is 6.26 Å². The summed E-state index contributed by atoms with van der Waals surface area (Å²) in [6, 6.07) is 2.19. The molecule has 7 nitrogen and oxygen atoms in total. The predicted octanol–water partition coefficient (Wildman–Crippen LogP) is 1.75. The molecule has 8 heteroatoms. The molecular weight excluding hydrogens is 282 g/mol. The van der Waals surface area contributed by atoms with Gasteiger partial charge >= 0.3 is 5.97 Å². The second-order valence-corrected chi connectivity index (χ2v) is 5.17. The van der Waals surface area contributed by atoms with Crippen LogP contribution in [0.2, 0.25) is 0 Å². The number of aliphatic carboxylic acids is 1. The van der Waals surface area contributed by atoms with Crippen molar-refractivity contribution in [2.45, 2.75) is 17.4 Å². The van der Waals surface area contributed by atoms with Crippen LogP contribution in [0.15, 0.2) is 23.2 Å². The third-order valence-electron chi connectivity index (χ3n) is 3.00. The first kappa shape index (κ1) is 14.4. The Labute approximate surface area is 118 Å². The molecule has 2 aromatic rings. The van der Waals surface area contributed by atoms with E-state index in [1.807, 2.05) is 6.26 Å². The first-order valence-corrected chi connectivity index (χ1v) is 6.97. The Morgan fingerprint density at radius 2 is 2.30 bits per heavy atom. The molecular formula is C12H13N3O4S. The minimum absolute atomic E-state index is 0.0365. The van der Waals surface area contributed by atoms with Crippen molar-refractivity contribution in [3.8, 4) is 0 Å². The number of hydrogen-bond donors (Lipinski definition) is 3. The lowest BCUT2D eigenvalue weighted by Gasteiger charge is -2.06. The number of nitrogens with two attached hydrogens (primary N) is 1. The van der Waals surface area contributed by atoms with Crippen molar-refractivity contribution in [3.05, 3.63) is 34.0 Å². The number of benzene rings is 1. The van der Waals surface area contributed by atoms with E-state index in [0.717, 1.165) is 4.90 Å². The molecule has 106 valence electrons. The molecule has 1 atom stereocenters. The van der Waals surface area contributed by atoms with Gasteiger partial charge in [-0.1, -0.05) is 0 Å². The van der Waals surface area contributed by atoms with E-state index in [1.165, 1.54) is 17.8 Å². The second kappa shape index (κ2) is 5.51. The average Bonchev–Trinajstić information content (AvgIpc) is 2.80. The zero-order chi connectivity index (χ0) is 14.9. The second-order valence-electron chi connectivity index (χ2n) is 4.29. The molecule has 0 saturated heterocycles. The number of fused-ring (bicyclic) bond motifs is 1. The van der Waals surface area contributed by atoms with Gasteiger partial charge in [-0.05, 0) is 17.9 Å². The summed E-state index contributed by atoms with van der Waals surface area (Å²) in [4.78, 5) is 25.2. The van der Waals surface area contributed by atoms with Gasteiger partial charge in [0.25, 0.3) is 5.69 Å². The van der Waals surface area contributed by atoms with Gasteiger partial charge in [-0.3, -0.25) is 14.9 Å². The minimum atomic E-state index is -1.14. The Morgan fingerprint density at radius 3 is 2.85 bits per heavy atom. The van der Waals surface area contributed by atoms with E-state index in [4.69, 9.17) is 10.8 Å².